The van der Waals surface area contributed by atoms with Gasteiger partial charge in [-0.05, 0) is 43.4 Å². The molecule has 0 amide bonds. The minimum Gasteiger partial charge on any atom is -0.378 e. The minimum absolute atomic E-state index is 0.451. The molecule has 20 heavy (non-hydrogen) atoms. The number of nitrogens with one attached hydrogen (secondary N) is 1. The van der Waals surface area contributed by atoms with Crippen molar-refractivity contribution < 1.29 is 0 Å². The first-order chi connectivity index (χ1) is 9.60. The molecule has 1 aliphatic carbocycles. The van der Waals surface area contributed by atoms with E-state index >= 15 is 0 Å². The molecule has 1 aromatic rings. The van der Waals surface area contributed by atoms with Crippen molar-refractivity contribution in [1.29, 1.82) is 0 Å². The number of benzene rings is 1. The number of anilines is 1. The van der Waals surface area contributed by atoms with Crippen LogP contribution in [-0.4, -0.2) is 20.1 Å². The molecule has 0 spiro atoms. The van der Waals surface area contributed by atoms with E-state index < -0.39 is 0 Å². The normalized spacial score (nSPS) is 24.4. The van der Waals surface area contributed by atoms with Crippen molar-refractivity contribution in [2.45, 2.75) is 58.0 Å². The van der Waals surface area contributed by atoms with Gasteiger partial charge in [-0.3, -0.25) is 0 Å². The van der Waals surface area contributed by atoms with Crippen LogP contribution in [0, 0.1) is 5.92 Å². The van der Waals surface area contributed by atoms with Crippen molar-refractivity contribution in [3.05, 3.63) is 29.8 Å². The fourth-order valence-electron chi connectivity index (χ4n) is 3.32. The second-order valence-electron chi connectivity index (χ2n) is 6.51. The summed E-state index contributed by atoms with van der Waals surface area (Å²) in [5, 5.41) is 3.83. The average molecular weight is 274 g/mol. The summed E-state index contributed by atoms with van der Waals surface area (Å²) >= 11 is 0. The number of hydrogen-bond donors (Lipinski definition) is 1. The van der Waals surface area contributed by atoms with Gasteiger partial charge < -0.3 is 10.2 Å². The molecular weight excluding hydrogens is 244 g/mol. The van der Waals surface area contributed by atoms with E-state index in [1.165, 1.54) is 43.4 Å². The van der Waals surface area contributed by atoms with Crippen LogP contribution in [0.5, 0.6) is 0 Å². The predicted molar refractivity (Wildman–Crippen MR) is 88.4 cm³/mol. The van der Waals surface area contributed by atoms with Crippen LogP contribution in [0.1, 0.15) is 57.6 Å². The summed E-state index contributed by atoms with van der Waals surface area (Å²) < 4.78 is 0. The van der Waals surface area contributed by atoms with E-state index in [9.17, 15) is 0 Å². The van der Waals surface area contributed by atoms with E-state index in [4.69, 9.17) is 0 Å². The maximum Gasteiger partial charge on any atom is 0.0361 e. The van der Waals surface area contributed by atoms with Gasteiger partial charge in [0.2, 0.25) is 0 Å². The Morgan fingerprint density at radius 3 is 2.50 bits per heavy atom. The Kier molecular flexibility index (Phi) is 5.47. The zero-order chi connectivity index (χ0) is 14.5. The molecule has 112 valence electrons. The van der Waals surface area contributed by atoms with Crippen molar-refractivity contribution in [2.75, 3.05) is 19.0 Å². The number of hydrogen-bond acceptors (Lipinski definition) is 2. The topological polar surface area (TPSA) is 15.3 Å². The highest BCUT2D eigenvalue weighted by Crippen LogP contribution is 2.28. The summed E-state index contributed by atoms with van der Waals surface area (Å²) in [7, 11) is 4.17. The first-order valence-corrected chi connectivity index (χ1v) is 8.13. The maximum absolute atomic E-state index is 3.83. The summed E-state index contributed by atoms with van der Waals surface area (Å²) in [5.74, 6) is 0.935. The van der Waals surface area contributed by atoms with Crippen LogP contribution in [0.15, 0.2) is 24.3 Å². The zero-order valence-corrected chi connectivity index (χ0v) is 13.5. The monoisotopic (exact) mass is 274 g/mol. The van der Waals surface area contributed by atoms with E-state index in [0.717, 1.165) is 5.92 Å². The van der Waals surface area contributed by atoms with Gasteiger partial charge in [0.25, 0.3) is 0 Å². The minimum atomic E-state index is 0.451. The third kappa shape index (κ3) is 3.99. The van der Waals surface area contributed by atoms with Gasteiger partial charge in [-0.2, -0.15) is 0 Å². The molecule has 1 N–H and O–H groups in total. The van der Waals surface area contributed by atoms with E-state index in [2.05, 4.69) is 62.4 Å². The molecule has 0 aromatic heterocycles. The summed E-state index contributed by atoms with van der Waals surface area (Å²) in [6.45, 7) is 4.62. The molecule has 1 aromatic carbocycles. The third-order valence-electron chi connectivity index (χ3n) is 4.76. The van der Waals surface area contributed by atoms with Crippen molar-refractivity contribution >= 4 is 5.69 Å². The molecule has 3 atom stereocenters. The van der Waals surface area contributed by atoms with E-state index in [1.807, 2.05) is 0 Å². The maximum atomic E-state index is 3.83. The van der Waals surface area contributed by atoms with Crippen LogP contribution in [0.25, 0.3) is 0 Å². The molecule has 0 bridgehead atoms. The Morgan fingerprint density at radius 1 is 1.20 bits per heavy atom. The molecule has 1 aliphatic rings. The second-order valence-corrected chi connectivity index (χ2v) is 6.51. The molecule has 0 aliphatic heterocycles. The van der Waals surface area contributed by atoms with Gasteiger partial charge in [0.15, 0.2) is 0 Å². The van der Waals surface area contributed by atoms with Crippen molar-refractivity contribution in [2.24, 2.45) is 5.92 Å². The summed E-state index contributed by atoms with van der Waals surface area (Å²) in [4.78, 5) is 2.15. The van der Waals surface area contributed by atoms with E-state index in [-0.39, 0.29) is 0 Å². The van der Waals surface area contributed by atoms with Gasteiger partial charge in [0.05, 0.1) is 0 Å². The van der Waals surface area contributed by atoms with Gasteiger partial charge >= 0.3 is 0 Å². The molecule has 3 unspecified atom stereocenters. The average Bonchev–Trinajstić information content (AvgIpc) is 2.47. The highest BCUT2D eigenvalue weighted by atomic mass is 15.1. The first kappa shape index (κ1) is 15.4. The highest BCUT2D eigenvalue weighted by molar-refractivity contribution is 5.46. The van der Waals surface area contributed by atoms with Gasteiger partial charge in [-0.1, -0.05) is 38.3 Å². The first-order valence-electron chi connectivity index (χ1n) is 8.13. The summed E-state index contributed by atoms with van der Waals surface area (Å²) in [5.41, 5.74) is 2.67. The largest absolute Gasteiger partial charge is 0.378 e. The van der Waals surface area contributed by atoms with Gasteiger partial charge in [0, 0.05) is 31.9 Å². The SMILES string of the molecule is CCC1CCCC(NC(C)c2ccc(N(C)C)cc2)C1. The van der Waals surface area contributed by atoms with Gasteiger partial charge in [0.1, 0.15) is 0 Å². The van der Waals surface area contributed by atoms with Gasteiger partial charge in [-0.25, -0.2) is 0 Å². The smallest absolute Gasteiger partial charge is 0.0361 e. The fraction of sp³-hybridized carbons (Fsp3) is 0.667. The van der Waals surface area contributed by atoms with Gasteiger partial charge in [-0.15, -0.1) is 0 Å². The summed E-state index contributed by atoms with van der Waals surface area (Å²) in [6.07, 6.45) is 6.86. The van der Waals surface area contributed by atoms with Crippen LogP contribution >= 0.6 is 0 Å². The third-order valence-corrected chi connectivity index (χ3v) is 4.76. The fourth-order valence-corrected chi connectivity index (χ4v) is 3.32. The highest BCUT2D eigenvalue weighted by Gasteiger charge is 2.22. The Labute approximate surface area is 124 Å². The molecular formula is C18H30N2. The Balaban J connectivity index is 1.92. The van der Waals surface area contributed by atoms with Crippen LogP contribution in [0.3, 0.4) is 0 Å². The molecule has 2 heteroatoms. The molecule has 2 rings (SSSR count). The standard InChI is InChI=1S/C18H30N2/c1-5-15-7-6-8-17(13-15)19-14(2)16-9-11-18(12-10-16)20(3)4/h9-12,14-15,17,19H,5-8,13H2,1-4H3. The molecule has 2 nitrogen and oxygen atoms in total. The van der Waals surface area contributed by atoms with Crippen molar-refractivity contribution in [3.63, 3.8) is 0 Å². The molecule has 1 fully saturated rings. The lowest BCUT2D eigenvalue weighted by Crippen LogP contribution is -2.35. The van der Waals surface area contributed by atoms with Crippen LogP contribution < -0.4 is 10.2 Å². The van der Waals surface area contributed by atoms with Crippen LogP contribution in [-0.2, 0) is 0 Å². The quantitative estimate of drug-likeness (QED) is 0.857. The number of rotatable bonds is 5. The number of nitrogens with zero attached hydrogens (tertiary/aromatic N) is 1. The Bertz CT molecular complexity index is 396. The second kappa shape index (κ2) is 7.12. The van der Waals surface area contributed by atoms with E-state index in [1.54, 1.807) is 0 Å². The zero-order valence-electron chi connectivity index (χ0n) is 13.5. The Hall–Kier alpha value is -1.02. The molecule has 1 saturated carbocycles. The lowest BCUT2D eigenvalue weighted by molar-refractivity contribution is 0.266. The van der Waals surface area contributed by atoms with E-state index in [0.29, 0.717) is 12.1 Å². The molecule has 0 saturated heterocycles. The van der Waals surface area contributed by atoms with Crippen LogP contribution in [0.4, 0.5) is 5.69 Å². The molecule has 0 radical (unpaired) electrons. The van der Waals surface area contributed by atoms with Crippen molar-refractivity contribution in [3.8, 4) is 0 Å². The van der Waals surface area contributed by atoms with Crippen molar-refractivity contribution in [1.82, 2.24) is 5.32 Å². The summed E-state index contributed by atoms with van der Waals surface area (Å²) in [6, 6.07) is 10.1. The molecule has 0 heterocycles. The lowest BCUT2D eigenvalue weighted by atomic mass is 9.84. The van der Waals surface area contributed by atoms with Crippen LogP contribution in [0.2, 0.25) is 0 Å². The Morgan fingerprint density at radius 2 is 1.90 bits per heavy atom. The predicted octanol–water partition coefficient (Wildman–Crippen LogP) is 4.37. The lowest BCUT2D eigenvalue weighted by Gasteiger charge is -2.31.